The highest BCUT2D eigenvalue weighted by atomic mass is 15.2. The maximum absolute atomic E-state index is 3.61. The van der Waals surface area contributed by atoms with Crippen molar-refractivity contribution >= 4 is 0 Å². The topological polar surface area (TPSA) is 15.3 Å². The van der Waals surface area contributed by atoms with Gasteiger partial charge in [-0.2, -0.15) is 0 Å². The molecule has 17 heavy (non-hydrogen) atoms. The fourth-order valence-electron chi connectivity index (χ4n) is 2.60. The SMILES string of the molecule is CC#CCC(NCC)C(C)(CC)N(CC)CC. The summed E-state index contributed by atoms with van der Waals surface area (Å²) in [5.41, 5.74) is 0.198. The molecule has 0 fully saturated rings. The molecule has 2 atom stereocenters. The molecule has 100 valence electrons. The molecule has 0 saturated carbocycles. The van der Waals surface area contributed by atoms with Crippen LogP contribution in [-0.4, -0.2) is 36.1 Å². The summed E-state index contributed by atoms with van der Waals surface area (Å²) in [6.07, 6.45) is 2.09. The largest absolute Gasteiger partial charge is 0.312 e. The van der Waals surface area contributed by atoms with Gasteiger partial charge in [0.05, 0.1) is 0 Å². The minimum absolute atomic E-state index is 0.198. The Morgan fingerprint density at radius 3 is 2.12 bits per heavy atom. The summed E-state index contributed by atoms with van der Waals surface area (Å²) in [5.74, 6) is 6.26. The maximum atomic E-state index is 3.61. The van der Waals surface area contributed by atoms with Crippen molar-refractivity contribution in [3.8, 4) is 11.8 Å². The Morgan fingerprint density at radius 1 is 1.18 bits per heavy atom. The van der Waals surface area contributed by atoms with Crippen LogP contribution in [0.1, 0.15) is 54.4 Å². The molecule has 0 bridgehead atoms. The Kier molecular flexibility index (Phi) is 8.29. The van der Waals surface area contributed by atoms with Gasteiger partial charge in [-0.1, -0.05) is 27.7 Å². The van der Waals surface area contributed by atoms with E-state index in [-0.39, 0.29) is 5.54 Å². The molecular formula is C15H30N2. The van der Waals surface area contributed by atoms with Gasteiger partial charge in [-0.15, -0.1) is 11.8 Å². The van der Waals surface area contributed by atoms with Crippen LogP contribution in [0.3, 0.4) is 0 Å². The van der Waals surface area contributed by atoms with Crippen molar-refractivity contribution in [3.63, 3.8) is 0 Å². The van der Waals surface area contributed by atoms with E-state index in [0.29, 0.717) is 6.04 Å². The van der Waals surface area contributed by atoms with E-state index >= 15 is 0 Å². The molecule has 0 radical (unpaired) electrons. The Labute approximate surface area is 108 Å². The summed E-state index contributed by atoms with van der Waals surface area (Å²) >= 11 is 0. The number of hydrogen-bond donors (Lipinski definition) is 1. The van der Waals surface area contributed by atoms with Crippen LogP contribution in [0.2, 0.25) is 0 Å². The monoisotopic (exact) mass is 238 g/mol. The molecule has 0 aromatic carbocycles. The third-order valence-corrected chi connectivity index (χ3v) is 3.89. The fourth-order valence-corrected chi connectivity index (χ4v) is 2.60. The standard InChI is InChI=1S/C15H30N2/c1-7-12-13-14(16-9-3)15(6,8-2)17(10-4)11-5/h14,16H,8-11,13H2,1-6H3. The first-order valence-electron chi connectivity index (χ1n) is 6.98. The van der Waals surface area contributed by atoms with E-state index in [2.05, 4.69) is 56.7 Å². The van der Waals surface area contributed by atoms with Crippen LogP contribution < -0.4 is 5.32 Å². The molecule has 0 aliphatic rings. The zero-order valence-electron chi connectivity index (χ0n) is 12.6. The van der Waals surface area contributed by atoms with Gasteiger partial charge in [0.25, 0.3) is 0 Å². The molecule has 2 unspecified atom stereocenters. The molecule has 0 amide bonds. The third kappa shape index (κ3) is 4.33. The normalized spacial score (nSPS) is 16.2. The van der Waals surface area contributed by atoms with E-state index in [0.717, 1.165) is 32.5 Å². The first-order chi connectivity index (χ1) is 8.10. The Morgan fingerprint density at radius 2 is 1.76 bits per heavy atom. The van der Waals surface area contributed by atoms with Gasteiger partial charge in [-0.3, -0.25) is 4.90 Å². The van der Waals surface area contributed by atoms with Crippen LogP contribution >= 0.6 is 0 Å². The molecular weight excluding hydrogens is 208 g/mol. The van der Waals surface area contributed by atoms with E-state index in [9.17, 15) is 0 Å². The molecule has 2 nitrogen and oxygen atoms in total. The number of likely N-dealkylation sites (N-methyl/N-ethyl adjacent to an activating group) is 2. The molecule has 0 aromatic rings. The van der Waals surface area contributed by atoms with Gasteiger partial charge in [0.2, 0.25) is 0 Å². The lowest BCUT2D eigenvalue weighted by atomic mass is 9.85. The van der Waals surface area contributed by atoms with E-state index in [4.69, 9.17) is 0 Å². The summed E-state index contributed by atoms with van der Waals surface area (Å²) in [7, 11) is 0. The summed E-state index contributed by atoms with van der Waals surface area (Å²) in [4.78, 5) is 2.55. The summed E-state index contributed by atoms with van der Waals surface area (Å²) in [5, 5.41) is 3.61. The highest BCUT2D eigenvalue weighted by molar-refractivity contribution is 5.05. The van der Waals surface area contributed by atoms with Crippen molar-refractivity contribution in [2.45, 2.75) is 66.0 Å². The first-order valence-corrected chi connectivity index (χ1v) is 6.98. The number of nitrogens with one attached hydrogen (secondary N) is 1. The van der Waals surface area contributed by atoms with Crippen molar-refractivity contribution in [2.24, 2.45) is 0 Å². The van der Waals surface area contributed by atoms with Crippen molar-refractivity contribution in [1.82, 2.24) is 10.2 Å². The van der Waals surface area contributed by atoms with Gasteiger partial charge in [0.15, 0.2) is 0 Å². The van der Waals surface area contributed by atoms with Crippen LogP contribution in [-0.2, 0) is 0 Å². The molecule has 0 spiro atoms. The Bertz CT molecular complexity index is 247. The number of rotatable bonds is 8. The zero-order chi connectivity index (χ0) is 13.3. The first kappa shape index (κ1) is 16.5. The van der Waals surface area contributed by atoms with E-state index in [1.165, 1.54) is 0 Å². The second-order valence-corrected chi connectivity index (χ2v) is 4.62. The quantitative estimate of drug-likeness (QED) is 0.654. The molecule has 1 N–H and O–H groups in total. The van der Waals surface area contributed by atoms with Gasteiger partial charge in [-0.25, -0.2) is 0 Å². The van der Waals surface area contributed by atoms with E-state index in [1.54, 1.807) is 0 Å². The molecule has 0 aliphatic carbocycles. The van der Waals surface area contributed by atoms with E-state index < -0.39 is 0 Å². The Balaban J connectivity index is 4.98. The zero-order valence-corrected chi connectivity index (χ0v) is 12.6. The predicted molar refractivity (Wildman–Crippen MR) is 77.1 cm³/mol. The van der Waals surface area contributed by atoms with Crippen LogP contribution in [0.15, 0.2) is 0 Å². The van der Waals surface area contributed by atoms with Crippen LogP contribution in [0.25, 0.3) is 0 Å². The summed E-state index contributed by atoms with van der Waals surface area (Å²) < 4.78 is 0. The van der Waals surface area contributed by atoms with Gasteiger partial charge < -0.3 is 5.32 Å². The average molecular weight is 238 g/mol. The lowest BCUT2D eigenvalue weighted by molar-refractivity contribution is 0.0724. The van der Waals surface area contributed by atoms with Gasteiger partial charge in [-0.05, 0) is 39.9 Å². The van der Waals surface area contributed by atoms with E-state index in [1.807, 2.05) is 6.92 Å². The van der Waals surface area contributed by atoms with Crippen LogP contribution in [0.4, 0.5) is 0 Å². The minimum Gasteiger partial charge on any atom is -0.312 e. The van der Waals surface area contributed by atoms with Crippen molar-refractivity contribution in [3.05, 3.63) is 0 Å². The molecule has 0 heterocycles. The maximum Gasteiger partial charge on any atom is 0.0359 e. The van der Waals surface area contributed by atoms with Gasteiger partial charge >= 0.3 is 0 Å². The van der Waals surface area contributed by atoms with Gasteiger partial charge in [0.1, 0.15) is 0 Å². The predicted octanol–water partition coefficient (Wildman–Crippen LogP) is 2.89. The third-order valence-electron chi connectivity index (χ3n) is 3.89. The summed E-state index contributed by atoms with van der Waals surface area (Å²) in [6.45, 7) is 16.4. The lowest BCUT2D eigenvalue weighted by Gasteiger charge is -2.45. The number of hydrogen-bond acceptors (Lipinski definition) is 2. The molecule has 0 rings (SSSR count). The smallest absolute Gasteiger partial charge is 0.0359 e. The highest BCUT2D eigenvalue weighted by Gasteiger charge is 2.35. The van der Waals surface area contributed by atoms with Crippen LogP contribution in [0.5, 0.6) is 0 Å². The summed E-state index contributed by atoms with van der Waals surface area (Å²) in [6, 6.07) is 0.449. The average Bonchev–Trinajstić information content (AvgIpc) is 2.35. The molecule has 0 aromatic heterocycles. The lowest BCUT2D eigenvalue weighted by Crippen LogP contribution is -2.59. The molecule has 0 saturated heterocycles. The van der Waals surface area contributed by atoms with Gasteiger partial charge in [0, 0.05) is 18.0 Å². The van der Waals surface area contributed by atoms with Crippen molar-refractivity contribution in [1.29, 1.82) is 0 Å². The number of nitrogens with zero attached hydrogens (tertiary/aromatic N) is 1. The highest BCUT2D eigenvalue weighted by Crippen LogP contribution is 2.25. The van der Waals surface area contributed by atoms with Crippen molar-refractivity contribution in [2.75, 3.05) is 19.6 Å². The Hall–Kier alpha value is -0.520. The molecule has 2 heteroatoms. The second-order valence-electron chi connectivity index (χ2n) is 4.62. The molecule has 0 aliphatic heterocycles. The second kappa shape index (κ2) is 8.55. The minimum atomic E-state index is 0.198. The fraction of sp³-hybridized carbons (Fsp3) is 0.867. The van der Waals surface area contributed by atoms with Crippen LogP contribution in [0, 0.1) is 11.8 Å². The van der Waals surface area contributed by atoms with Crippen molar-refractivity contribution < 1.29 is 0 Å².